The van der Waals surface area contributed by atoms with E-state index in [1.54, 1.807) is 6.92 Å². The van der Waals surface area contributed by atoms with Crippen molar-refractivity contribution < 1.29 is 14.3 Å². The van der Waals surface area contributed by atoms with Crippen LogP contribution < -0.4 is 5.32 Å². The third kappa shape index (κ3) is 2.67. The lowest BCUT2D eigenvalue weighted by molar-refractivity contribution is -0.143. The second-order valence-corrected chi connectivity index (χ2v) is 3.75. The molecule has 0 radical (unpaired) electrons. The van der Waals surface area contributed by atoms with E-state index in [0.717, 1.165) is 13.0 Å². The highest BCUT2D eigenvalue weighted by Gasteiger charge is 2.32. The van der Waals surface area contributed by atoms with Crippen LogP contribution in [0, 0.1) is 0 Å². The van der Waals surface area contributed by atoms with Crippen LogP contribution in [0.5, 0.6) is 0 Å². The number of esters is 1. The quantitative estimate of drug-likeness (QED) is 0.646. The van der Waals surface area contributed by atoms with Crippen molar-refractivity contribution in [3.63, 3.8) is 0 Å². The third-order valence-electron chi connectivity index (χ3n) is 2.34. The summed E-state index contributed by atoms with van der Waals surface area (Å²) >= 11 is 0. The van der Waals surface area contributed by atoms with E-state index in [1.165, 1.54) is 7.11 Å². The zero-order valence-corrected chi connectivity index (χ0v) is 8.42. The summed E-state index contributed by atoms with van der Waals surface area (Å²) in [6, 6.07) is -0.267. The molecular weight excluding hydrogens is 170 g/mol. The number of carbonyl (C=O) groups is 1. The van der Waals surface area contributed by atoms with E-state index in [2.05, 4.69) is 17.0 Å². The summed E-state index contributed by atoms with van der Waals surface area (Å²) in [6.45, 7) is 5.28. The topological polar surface area (TPSA) is 47.6 Å². The van der Waals surface area contributed by atoms with Gasteiger partial charge in [-0.25, -0.2) is 0 Å². The molecule has 1 N–H and O–H groups in total. The first-order valence-electron chi connectivity index (χ1n) is 4.51. The van der Waals surface area contributed by atoms with Crippen LogP contribution in [0.4, 0.5) is 0 Å². The minimum absolute atomic E-state index is 0.0758. The molecule has 0 saturated carbocycles. The highest BCUT2D eigenvalue weighted by molar-refractivity contribution is 5.75. The molecule has 0 aromatic carbocycles. The van der Waals surface area contributed by atoms with Crippen LogP contribution in [0.2, 0.25) is 0 Å². The Balaban J connectivity index is 2.42. The average Bonchev–Trinajstić information content (AvgIpc) is 2.50. The van der Waals surface area contributed by atoms with Gasteiger partial charge in [-0.05, 0) is 20.3 Å². The molecule has 2 atom stereocenters. The largest absolute Gasteiger partial charge is 0.468 e. The minimum Gasteiger partial charge on any atom is -0.468 e. The molecular formula is C9H17NO3. The van der Waals surface area contributed by atoms with E-state index in [0.29, 0.717) is 6.61 Å². The molecule has 0 spiro atoms. The fourth-order valence-corrected chi connectivity index (χ4v) is 1.54. The molecule has 13 heavy (non-hydrogen) atoms. The van der Waals surface area contributed by atoms with E-state index in [4.69, 9.17) is 4.74 Å². The van der Waals surface area contributed by atoms with Gasteiger partial charge in [0.2, 0.25) is 0 Å². The minimum atomic E-state index is -0.267. The Bertz CT molecular complexity index is 187. The van der Waals surface area contributed by atoms with Crippen LogP contribution in [0.1, 0.15) is 20.3 Å². The molecule has 1 aliphatic rings. The van der Waals surface area contributed by atoms with Gasteiger partial charge in [0.1, 0.15) is 6.04 Å². The molecule has 1 aliphatic heterocycles. The van der Waals surface area contributed by atoms with Crippen LogP contribution >= 0.6 is 0 Å². The van der Waals surface area contributed by atoms with Gasteiger partial charge in [-0.1, -0.05) is 0 Å². The predicted octanol–water partition coefficient (Wildman–Crippen LogP) is 0.316. The van der Waals surface area contributed by atoms with Gasteiger partial charge < -0.3 is 9.47 Å². The molecule has 0 amide bonds. The first kappa shape index (κ1) is 10.5. The Labute approximate surface area is 78.6 Å². The summed E-state index contributed by atoms with van der Waals surface area (Å²) in [5, 5.41) is 3.21. The molecule has 0 aromatic rings. The smallest absolute Gasteiger partial charge is 0.322 e. The maximum Gasteiger partial charge on any atom is 0.322 e. The zero-order valence-electron chi connectivity index (χ0n) is 8.42. The molecule has 0 bridgehead atoms. The maximum atomic E-state index is 11.1. The lowest BCUT2D eigenvalue weighted by Crippen LogP contribution is -2.50. The number of hydrogen-bond donors (Lipinski definition) is 1. The van der Waals surface area contributed by atoms with Crippen LogP contribution in [-0.4, -0.2) is 37.9 Å². The summed E-state index contributed by atoms with van der Waals surface area (Å²) in [4.78, 5) is 11.1. The number of nitrogens with one attached hydrogen (secondary N) is 1. The molecule has 1 fully saturated rings. The van der Waals surface area contributed by atoms with E-state index in [9.17, 15) is 4.79 Å². The van der Waals surface area contributed by atoms with Crippen molar-refractivity contribution in [2.45, 2.75) is 31.8 Å². The summed E-state index contributed by atoms with van der Waals surface area (Å²) < 4.78 is 9.88. The fourth-order valence-electron chi connectivity index (χ4n) is 1.54. The molecule has 2 unspecified atom stereocenters. The Morgan fingerprint density at radius 2 is 2.38 bits per heavy atom. The number of carbonyl (C=O) groups excluding carboxylic acids is 1. The van der Waals surface area contributed by atoms with Crippen LogP contribution in [-0.2, 0) is 14.3 Å². The first-order chi connectivity index (χ1) is 6.07. The van der Waals surface area contributed by atoms with Crippen molar-refractivity contribution in [1.82, 2.24) is 5.32 Å². The second-order valence-electron chi connectivity index (χ2n) is 3.75. The van der Waals surface area contributed by atoms with Gasteiger partial charge in [-0.15, -0.1) is 0 Å². The van der Waals surface area contributed by atoms with Crippen molar-refractivity contribution in [2.75, 3.05) is 20.3 Å². The van der Waals surface area contributed by atoms with Gasteiger partial charge in [-0.2, -0.15) is 0 Å². The predicted molar refractivity (Wildman–Crippen MR) is 48.5 cm³/mol. The second kappa shape index (κ2) is 4.07. The van der Waals surface area contributed by atoms with Crippen molar-refractivity contribution in [3.8, 4) is 0 Å². The third-order valence-corrected chi connectivity index (χ3v) is 2.34. The molecule has 1 rings (SSSR count). The van der Waals surface area contributed by atoms with Crippen molar-refractivity contribution in [1.29, 1.82) is 0 Å². The normalized spacial score (nSPS) is 30.1. The molecule has 4 nitrogen and oxygen atoms in total. The molecule has 4 heteroatoms. The van der Waals surface area contributed by atoms with Crippen molar-refractivity contribution >= 4 is 5.97 Å². The van der Waals surface area contributed by atoms with Gasteiger partial charge >= 0.3 is 5.97 Å². The number of hydrogen-bond acceptors (Lipinski definition) is 4. The van der Waals surface area contributed by atoms with Crippen LogP contribution in [0.3, 0.4) is 0 Å². The van der Waals surface area contributed by atoms with Crippen LogP contribution in [0.15, 0.2) is 0 Å². The van der Waals surface area contributed by atoms with Gasteiger partial charge in [0.25, 0.3) is 0 Å². The Kier molecular flexibility index (Phi) is 3.27. The van der Waals surface area contributed by atoms with Crippen molar-refractivity contribution in [2.24, 2.45) is 0 Å². The van der Waals surface area contributed by atoms with E-state index < -0.39 is 0 Å². The standard InChI is InChI=1S/C9H17NO3/c1-7(8(11)12-3)10-9(2)4-5-13-6-9/h7,10H,4-6H2,1-3H3. The highest BCUT2D eigenvalue weighted by Crippen LogP contribution is 2.18. The fraction of sp³-hybridized carbons (Fsp3) is 0.889. The number of rotatable bonds is 3. The monoisotopic (exact) mass is 187 g/mol. The van der Waals surface area contributed by atoms with Gasteiger partial charge in [0.05, 0.1) is 13.7 Å². The van der Waals surface area contributed by atoms with Crippen LogP contribution in [0.25, 0.3) is 0 Å². The Morgan fingerprint density at radius 1 is 1.69 bits per heavy atom. The molecule has 0 aliphatic carbocycles. The van der Waals surface area contributed by atoms with Gasteiger partial charge in [0, 0.05) is 12.1 Å². The number of ether oxygens (including phenoxy) is 2. The number of methoxy groups -OCH3 is 1. The Hall–Kier alpha value is -0.610. The zero-order chi connectivity index (χ0) is 9.90. The molecule has 1 heterocycles. The average molecular weight is 187 g/mol. The Morgan fingerprint density at radius 3 is 2.85 bits per heavy atom. The van der Waals surface area contributed by atoms with E-state index in [1.807, 2.05) is 0 Å². The molecule has 1 saturated heterocycles. The first-order valence-corrected chi connectivity index (χ1v) is 4.51. The molecule has 0 aromatic heterocycles. The lowest BCUT2D eigenvalue weighted by Gasteiger charge is -2.26. The van der Waals surface area contributed by atoms with Gasteiger partial charge in [-0.3, -0.25) is 10.1 Å². The van der Waals surface area contributed by atoms with E-state index >= 15 is 0 Å². The van der Waals surface area contributed by atoms with Gasteiger partial charge in [0.15, 0.2) is 0 Å². The summed E-state index contributed by atoms with van der Waals surface area (Å²) in [7, 11) is 1.40. The van der Waals surface area contributed by atoms with Crippen molar-refractivity contribution in [3.05, 3.63) is 0 Å². The molecule has 76 valence electrons. The summed E-state index contributed by atoms with van der Waals surface area (Å²) in [5.74, 6) is -0.229. The summed E-state index contributed by atoms with van der Waals surface area (Å²) in [6.07, 6.45) is 0.939. The van der Waals surface area contributed by atoms with E-state index in [-0.39, 0.29) is 17.6 Å². The maximum absolute atomic E-state index is 11.1. The summed E-state index contributed by atoms with van der Waals surface area (Å²) in [5.41, 5.74) is -0.0758. The lowest BCUT2D eigenvalue weighted by atomic mass is 10.0. The SMILES string of the molecule is COC(=O)C(C)NC1(C)CCOC1. The highest BCUT2D eigenvalue weighted by atomic mass is 16.5.